The Morgan fingerprint density at radius 3 is 2.88 bits per heavy atom. The summed E-state index contributed by atoms with van der Waals surface area (Å²) in [5, 5.41) is 7.87. The van der Waals surface area contributed by atoms with Gasteiger partial charge in [-0.1, -0.05) is 18.2 Å². The molecule has 84 valence electrons. The van der Waals surface area contributed by atoms with Gasteiger partial charge in [0, 0.05) is 16.0 Å². The highest BCUT2D eigenvalue weighted by Crippen LogP contribution is 2.41. The first-order chi connectivity index (χ1) is 7.66. The van der Waals surface area contributed by atoms with E-state index in [0.717, 1.165) is 0 Å². The number of fused-ring (bicyclic) bond motifs is 1. The zero-order valence-corrected chi connectivity index (χ0v) is 11.1. The average molecular weight is 249 g/mol. The number of benzene rings is 1. The van der Waals surface area contributed by atoms with Crippen LogP contribution in [-0.4, -0.2) is 11.3 Å². The van der Waals surface area contributed by atoms with E-state index in [1.165, 1.54) is 21.4 Å². The van der Waals surface area contributed by atoms with Crippen molar-refractivity contribution < 1.29 is 0 Å². The molecule has 2 aromatic rings. The lowest BCUT2D eigenvalue weighted by atomic mass is 10.1. The summed E-state index contributed by atoms with van der Waals surface area (Å²) in [7, 11) is 0. The minimum atomic E-state index is 0.262. The zero-order chi connectivity index (χ0) is 11.2. The van der Waals surface area contributed by atoms with E-state index >= 15 is 0 Å². The van der Waals surface area contributed by atoms with Crippen LogP contribution in [0.1, 0.15) is 24.8 Å². The molecule has 1 aliphatic heterocycles. The molecule has 1 nitrogen and oxygen atoms in total. The van der Waals surface area contributed by atoms with E-state index in [4.69, 9.17) is 0 Å². The van der Waals surface area contributed by atoms with E-state index < -0.39 is 0 Å². The Kier molecular flexibility index (Phi) is 2.50. The van der Waals surface area contributed by atoms with Crippen LogP contribution in [0.25, 0.3) is 10.1 Å². The third-order valence-corrected chi connectivity index (χ3v) is 5.50. The smallest absolute Gasteiger partial charge is 0.0808 e. The molecular formula is C13H15NS2. The topological polar surface area (TPSA) is 12.0 Å². The monoisotopic (exact) mass is 249 g/mol. The summed E-state index contributed by atoms with van der Waals surface area (Å²) < 4.78 is 1.39. The maximum atomic E-state index is 3.69. The first-order valence-corrected chi connectivity index (χ1v) is 7.44. The van der Waals surface area contributed by atoms with E-state index in [9.17, 15) is 0 Å². The lowest BCUT2D eigenvalue weighted by molar-refractivity contribution is 0.453. The SMILES string of the molecule is CC1(C)CSC(c2csc3ccccc23)N1. The molecule has 1 fully saturated rings. The molecule has 0 radical (unpaired) electrons. The number of thioether (sulfide) groups is 1. The van der Waals surface area contributed by atoms with Gasteiger partial charge in [-0.2, -0.15) is 0 Å². The van der Waals surface area contributed by atoms with Crippen molar-refractivity contribution in [2.45, 2.75) is 24.8 Å². The van der Waals surface area contributed by atoms with Crippen molar-refractivity contribution in [2.24, 2.45) is 0 Å². The molecule has 1 aromatic heterocycles. The third kappa shape index (κ3) is 1.77. The Balaban J connectivity index is 2.01. The Labute approximate surface area is 104 Å². The summed E-state index contributed by atoms with van der Waals surface area (Å²) in [4.78, 5) is 0. The fourth-order valence-corrected chi connectivity index (χ4v) is 4.62. The van der Waals surface area contributed by atoms with Gasteiger partial charge in [-0.15, -0.1) is 23.1 Å². The molecule has 1 unspecified atom stereocenters. The van der Waals surface area contributed by atoms with E-state index in [2.05, 4.69) is 48.8 Å². The zero-order valence-electron chi connectivity index (χ0n) is 9.49. The van der Waals surface area contributed by atoms with Crippen LogP contribution >= 0.6 is 23.1 Å². The highest BCUT2D eigenvalue weighted by molar-refractivity contribution is 7.99. The van der Waals surface area contributed by atoms with Crippen LogP contribution in [0.4, 0.5) is 0 Å². The molecule has 0 aliphatic carbocycles. The maximum Gasteiger partial charge on any atom is 0.0808 e. The predicted molar refractivity (Wildman–Crippen MR) is 74.2 cm³/mol. The van der Waals surface area contributed by atoms with Gasteiger partial charge in [-0.25, -0.2) is 0 Å². The van der Waals surface area contributed by atoms with E-state index in [1.807, 2.05) is 23.1 Å². The Morgan fingerprint density at radius 1 is 1.31 bits per heavy atom. The molecular weight excluding hydrogens is 234 g/mol. The summed E-state index contributed by atoms with van der Waals surface area (Å²) in [6.45, 7) is 4.54. The van der Waals surface area contributed by atoms with Crippen molar-refractivity contribution in [1.29, 1.82) is 0 Å². The molecule has 0 spiro atoms. The third-order valence-electron chi connectivity index (χ3n) is 2.93. The van der Waals surface area contributed by atoms with E-state index in [0.29, 0.717) is 5.37 Å². The second kappa shape index (κ2) is 3.76. The lowest BCUT2D eigenvalue weighted by Gasteiger charge is -2.18. The maximum absolute atomic E-state index is 3.69. The molecule has 2 heterocycles. The molecule has 1 saturated heterocycles. The van der Waals surface area contributed by atoms with Crippen LogP contribution in [0.3, 0.4) is 0 Å². The van der Waals surface area contributed by atoms with Gasteiger partial charge >= 0.3 is 0 Å². The molecule has 0 bridgehead atoms. The Morgan fingerprint density at radius 2 is 2.12 bits per heavy atom. The highest BCUT2D eigenvalue weighted by Gasteiger charge is 2.32. The van der Waals surface area contributed by atoms with Gasteiger partial charge in [0.25, 0.3) is 0 Å². The van der Waals surface area contributed by atoms with Gasteiger partial charge < -0.3 is 0 Å². The van der Waals surface area contributed by atoms with Gasteiger partial charge in [0.05, 0.1) is 5.37 Å². The second-order valence-corrected chi connectivity index (χ2v) is 6.91. The number of nitrogens with one attached hydrogen (secondary N) is 1. The molecule has 0 amide bonds. The first kappa shape index (κ1) is 10.6. The van der Waals surface area contributed by atoms with Crippen LogP contribution in [0.15, 0.2) is 29.6 Å². The van der Waals surface area contributed by atoms with Crippen molar-refractivity contribution in [3.63, 3.8) is 0 Å². The summed E-state index contributed by atoms with van der Waals surface area (Å²) in [5.41, 5.74) is 1.72. The van der Waals surface area contributed by atoms with Crippen molar-refractivity contribution >= 4 is 33.2 Å². The van der Waals surface area contributed by atoms with E-state index in [-0.39, 0.29) is 5.54 Å². The molecule has 1 atom stereocenters. The van der Waals surface area contributed by atoms with Gasteiger partial charge in [-0.05, 0) is 36.2 Å². The minimum absolute atomic E-state index is 0.262. The Hall–Kier alpha value is -0.510. The van der Waals surface area contributed by atoms with Crippen LogP contribution < -0.4 is 5.32 Å². The predicted octanol–water partition coefficient (Wildman–Crippen LogP) is 4.01. The number of thiophene rings is 1. The minimum Gasteiger partial charge on any atom is -0.296 e. The molecule has 3 rings (SSSR count). The quantitative estimate of drug-likeness (QED) is 0.819. The van der Waals surface area contributed by atoms with Crippen molar-refractivity contribution in [1.82, 2.24) is 5.32 Å². The normalized spacial score (nSPS) is 24.0. The lowest BCUT2D eigenvalue weighted by Crippen LogP contribution is -2.35. The van der Waals surface area contributed by atoms with Gasteiger partial charge in [0.1, 0.15) is 0 Å². The van der Waals surface area contributed by atoms with E-state index in [1.54, 1.807) is 0 Å². The number of hydrogen-bond donors (Lipinski definition) is 1. The molecule has 1 N–H and O–H groups in total. The summed E-state index contributed by atoms with van der Waals surface area (Å²) >= 11 is 3.87. The first-order valence-electron chi connectivity index (χ1n) is 5.51. The summed E-state index contributed by atoms with van der Waals surface area (Å²) in [6.07, 6.45) is 0. The van der Waals surface area contributed by atoms with Crippen molar-refractivity contribution in [3.8, 4) is 0 Å². The van der Waals surface area contributed by atoms with Crippen LogP contribution in [0, 0.1) is 0 Å². The molecule has 1 aromatic carbocycles. The van der Waals surface area contributed by atoms with Crippen LogP contribution in [0.2, 0.25) is 0 Å². The molecule has 16 heavy (non-hydrogen) atoms. The number of hydrogen-bond acceptors (Lipinski definition) is 3. The van der Waals surface area contributed by atoms with Crippen LogP contribution in [-0.2, 0) is 0 Å². The summed E-state index contributed by atoms with van der Waals surface area (Å²) in [6, 6.07) is 8.67. The summed E-state index contributed by atoms with van der Waals surface area (Å²) in [5.74, 6) is 1.18. The highest BCUT2D eigenvalue weighted by atomic mass is 32.2. The largest absolute Gasteiger partial charge is 0.296 e. The number of rotatable bonds is 1. The molecule has 0 saturated carbocycles. The van der Waals surface area contributed by atoms with Gasteiger partial charge in [0.15, 0.2) is 0 Å². The van der Waals surface area contributed by atoms with Crippen LogP contribution in [0.5, 0.6) is 0 Å². The Bertz CT molecular complexity index is 515. The van der Waals surface area contributed by atoms with Gasteiger partial charge in [-0.3, -0.25) is 5.32 Å². The fourth-order valence-electron chi connectivity index (χ4n) is 2.10. The molecule has 3 heteroatoms. The fraction of sp³-hybridized carbons (Fsp3) is 0.385. The average Bonchev–Trinajstić information content (AvgIpc) is 2.81. The molecule has 1 aliphatic rings. The van der Waals surface area contributed by atoms with Crippen molar-refractivity contribution in [2.75, 3.05) is 5.75 Å². The van der Waals surface area contributed by atoms with Crippen molar-refractivity contribution in [3.05, 3.63) is 35.2 Å². The second-order valence-electron chi connectivity index (χ2n) is 4.91. The standard InChI is InChI=1S/C13H15NS2/c1-13(2)8-16-12(14-13)10-7-15-11-6-4-3-5-9(10)11/h3-7,12,14H,8H2,1-2H3. The van der Waals surface area contributed by atoms with Gasteiger partial charge in [0.2, 0.25) is 0 Å².